The first kappa shape index (κ1) is 14.8. The molecule has 5 heteroatoms. The zero-order valence-corrected chi connectivity index (χ0v) is 12.9. The largest absolute Gasteiger partial charge is 0.334 e. The number of carbonyl (C=O) groups is 1. The zero-order valence-electron chi connectivity index (χ0n) is 12.9. The number of H-pyrrole nitrogens is 1. The monoisotopic (exact) mass is 301 g/mol. The van der Waals surface area contributed by atoms with Gasteiger partial charge in [-0.3, -0.25) is 9.89 Å². The molecular formula is C17H20FN3O. The average Bonchev–Trinajstić information content (AvgIpc) is 3.17. The van der Waals surface area contributed by atoms with E-state index < -0.39 is 0 Å². The van der Waals surface area contributed by atoms with Crippen LogP contribution in [-0.4, -0.2) is 33.6 Å². The van der Waals surface area contributed by atoms with E-state index in [4.69, 9.17) is 0 Å². The third-order valence-electron chi connectivity index (χ3n) is 4.37. The fourth-order valence-electron chi connectivity index (χ4n) is 3.07. The number of halogens is 1. The molecule has 1 aliphatic heterocycles. The molecule has 3 rings (SSSR count). The summed E-state index contributed by atoms with van der Waals surface area (Å²) in [5.41, 5.74) is 2.54. The first-order chi connectivity index (χ1) is 10.6. The molecular weight excluding hydrogens is 281 g/mol. The van der Waals surface area contributed by atoms with Gasteiger partial charge in [0, 0.05) is 18.2 Å². The van der Waals surface area contributed by atoms with Crippen LogP contribution in [0.2, 0.25) is 0 Å². The third kappa shape index (κ3) is 2.63. The highest BCUT2D eigenvalue weighted by Gasteiger charge is 2.29. The van der Waals surface area contributed by atoms with Crippen molar-refractivity contribution in [3.05, 3.63) is 41.3 Å². The smallest absolute Gasteiger partial charge is 0.272 e. The van der Waals surface area contributed by atoms with E-state index >= 15 is 0 Å². The van der Waals surface area contributed by atoms with Crippen molar-refractivity contribution in [2.75, 3.05) is 6.54 Å². The van der Waals surface area contributed by atoms with Gasteiger partial charge >= 0.3 is 0 Å². The second-order valence-electron chi connectivity index (χ2n) is 5.83. The maximum atomic E-state index is 13.3. The minimum atomic E-state index is -0.238. The van der Waals surface area contributed by atoms with E-state index in [9.17, 15) is 9.18 Å². The summed E-state index contributed by atoms with van der Waals surface area (Å²) in [7, 11) is 0. The number of benzene rings is 1. The van der Waals surface area contributed by atoms with Gasteiger partial charge in [-0.1, -0.05) is 6.92 Å². The molecule has 0 spiro atoms. The first-order valence-electron chi connectivity index (χ1n) is 7.73. The van der Waals surface area contributed by atoms with Crippen LogP contribution in [0.1, 0.15) is 42.2 Å². The minimum absolute atomic E-state index is 0.00179. The van der Waals surface area contributed by atoms with Crippen LogP contribution >= 0.6 is 0 Å². The summed E-state index contributed by atoms with van der Waals surface area (Å²) in [6, 6.07) is 6.92. The molecule has 0 aliphatic carbocycles. The molecule has 4 nitrogen and oxygen atoms in total. The Morgan fingerprint density at radius 1 is 1.45 bits per heavy atom. The Morgan fingerprint density at radius 2 is 2.27 bits per heavy atom. The fraction of sp³-hybridized carbons (Fsp3) is 0.412. The topological polar surface area (TPSA) is 49.0 Å². The van der Waals surface area contributed by atoms with Gasteiger partial charge in [-0.15, -0.1) is 0 Å². The van der Waals surface area contributed by atoms with Gasteiger partial charge in [0.2, 0.25) is 0 Å². The van der Waals surface area contributed by atoms with Gasteiger partial charge in [0.05, 0.1) is 5.69 Å². The molecule has 1 fully saturated rings. The SMILES string of the molecule is CCC1CCCN1C(=O)c1cc(-c2ccc(F)c(C)c2)n[nH]1. The van der Waals surface area contributed by atoms with Gasteiger partial charge in [-0.05, 0) is 56.0 Å². The standard InChI is InChI=1S/C17H20FN3O/c1-3-13-5-4-8-21(13)17(22)16-10-15(19-20-16)12-6-7-14(18)11(2)9-12/h6-7,9-10,13H,3-5,8H2,1-2H3,(H,19,20). The van der Waals surface area contributed by atoms with E-state index in [1.54, 1.807) is 25.1 Å². The van der Waals surface area contributed by atoms with Gasteiger partial charge in [0.1, 0.15) is 11.5 Å². The number of aromatic amines is 1. The highest BCUT2D eigenvalue weighted by Crippen LogP contribution is 2.24. The zero-order chi connectivity index (χ0) is 15.7. The lowest BCUT2D eigenvalue weighted by molar-refractivity contribution is 0.0727. The number of aryl methyl sites for hydroxylation is 1. The van der Waals surface area contributed by atoms with E-state index in [2.05, 4.69) is 17.1 Å². The predicted molar refractivity (Wildman–Crippen MR) is 83.1 cm³/mol. The van der Waals surface area contributed by atoms with Crippen LogP contribution < -0.4 is 0 Å². The summed E-state index contributed by atoms with van der Waals surface area (Å²) >= 11 is 0. The summed E-state index contributed by atoms with van der Waals surface area (Å²) < 4.78 is 13.3. The van der Waals surface area contributed by atoms with E-state index in [1.807, 2.05) is 4.90 Å². The molecule has 0 bridgehead atoms. The molecule has 1 atom stereocenters. The van der Waals surface area contributed by atoms with Gasteiger partial charge in [-0.25, -0.2) is 4.39 Å². The average molecular weight is 301 g/mol. The lowest BCUT2D eigenvalue weighted by Gasteiger charge is -2.22. The number of aromatic nitrogens is 2. The number of rotatable bonds is 3. The number of carbonyl (C=O) groups excluding carboxylic acids is 1. The molecule has 2 heterocycles. The Labute approximate surface area is 129 Å². The summed E-state index contributed by atoms with van der Waals surface area (Å²) in [6.45, 7) is 4.63. The molecule has 1 aliphatic rings. The van der Waals surface area contributed by atoms with Crippen LogP contribution in [-0.2, 0) is 0 Å². The summed E-state index contributed by atoms with van der Waals surface area (Å²) in [5, 5.41) is 7.03. The molecule has 116 valence electrons. The van der Waals surface area contributed by atoms with Crippen molar-refractivity contribution in [3.8, 4) is 11.3 Å². The van der Waals surface area contributed by atoms with Gasteiger partial charge in [0.15, 0.2) is 0 Å². The molecule has 1 aromatic carbocycles. The second-order valence-corrected chi connectivity index (χ2v) is 5.83. The molecule has 1 aromatic heterocycles. The Hall–Kier alpha value is -2.17. The lowest BCUT2D eigenvalue weighted by atomic mass is 10.1. The van der Waals surface area contributed by atoms with Crippen molar-refractivity contribution in [2.45, 2.75) is 39.2 Å². The van der Waals surface area contributed by atoms with Crippen molar-refractivity contribution in [2.24, 2.45) is 0 Å². The van der Waals surface area contributed by atoms with Crippen molar-refractivity contribution in [1.29, 1.82) is 0 Å². The van der Waals surface area contributed by atoms with Crippen molar-refractivity contribution in [1.82, 2.24) is 15.1 Å². The van der Waals surface area contributed by atoms with Crippen molar-refractivity contribution < 1.29 is 9.18 Å². The maximum absolute atomic E-state index is 13.3. The number of nitrogens with one attached hydrogen (secondary N) is 1. The normalized spacial score (nSPS) is 18.0. The summed E-state index contributed by atoms with van der Waals surface area (Å²) in [4.78, 5) is 14.5. The number of likely N-dealkylation sites (tertiary alicyclic amines) is 1. The van der Waals surface area contributed by atoms with Crippen LogP contribution in [0, 0.1) is 12.7 Å². The Kier molecular flexibility index (Phi) is 3.96. The second kappa shape index (κ2) is 5.91. The molecule has 0 radical (unpaired) electrons. The molecule has 22 heavy (non-hydrogen) atoms. The highest BCUT2D eigenvalue weighted by atomic mass is 19.1. The molecule has 1 saturated heterocycles. The van der Waals surface area contributed by atoms with Crippen LogP contribution in [0.5, 0.6) is 0 Å². The van der Waals surface area contributed by atoms with Crippen molar-refractivity contribution >= 4 is 5.91 Å². The molecule has 1 amide bonds. The predicted octanol–water partition coefficient (Wildman–Crippen LogP) is 3.54. The number of hydrogen-bond acceptors (Lipinski definition) is 2. The summed E-state index contributed by atoms with van der Waals surface area (Å²) in [6.07, 6.45) is 3.10. The van der Waals surface area contributed by atoms with Crippen molar-refractivity contribution in [3.63, 3.8) is 0 Å². The molecule has 2 aromatic rings. The Morgan fingerprint density at radius 3 is 3.00 bits per heavy atom. The van der Waals surface area contributed by atoms with Gasteiger partial charge < -0.3 is 4.90 Å². The van der Waals surface area contributed by atoms with E-state index in [-0.39, 0.29) is 11.7 Å². The van der Waals surface area contributed by atoms with Gasteiger partial charge in [0.25, 0.3) is 5.91 Å². The van der Waals surface area contributed by atoms with Crippen LogP contribution in [0.3, 0.4) is 0 Å². The van der Waals surface area contributed by atoms with E-state index in [0.29, 0.717) is 23.0 Å². The van der Waals surface area contributed by atoms with Crippen LogP contribution in [0.15, 0.2) is 24.3 Å². The maximum Gasteiger partial charge on any atom is 0.272 e. The van der Waals surface area contributed by atoms with Gasteiger partial charge in [-0.2, -0.15) is 5.10 Å². The fourth-order valence-corrected chi connectivity index (χ4v) is 3.07. The third-order valence-corrected chi connectivity index (χ3v) is 4.37. The first-order valence-corrected chi connectivity index (χ1v) is 7.73. The molecule has 0 saturated carbocycles. The number of hydrogen-bond donors (Lipinski definition) is 1. The number of nitrogens with zero attached hydrogens (tertiary/aromatic N) is 2. The van der Waals surface area contributed by atoms with E-state index in [0.717, 1.165) is 31.4 Å². The Balaban J connectivity index is 1.84. The minimum Gasteiger partial charge on any atom is -0.334 e. The number of amides is 1. The molecule has 1 N–H and O–H groups in total. The van der Waals surface area contributed by atoms with E-state index in [1.165, 1.54) is 6.07 Å². The highest BCUT2D eigenvalue weighted by molar-refractivity contribution is 5.93. The lowest BCUT2D eigenvalue weighted by Crippen LogP contribution is -2.35. The summed E-state index contributed by atoms with van der Waals surface area (Å²) in [5.74, 6) is -0.236. The molecule has 1 unspecified atom stereocenters. The van der Waals surface area contributed by atoms with Crippen LogP contribution in [0.4, 0.5) is 4.39 Å². The Bertz CT molecular complexity index is 695. The quantitative estimate of drug-likeness (QED) is 0.942. The van der Waals surface area contributed by atoms with Crippen LogP contribution in [0.25, 0.3) is 11.3 Å².